The summed E-state index contributed by atoms with van der Waals surface area (Å²) in [6, 6.07) is 10.5. The lowest BCUT2D eigenvalue weighted by atomic mass is 9.82. The predicted octanol–water partition coefficient (Wildman–Crippen LogP) is 4.21. The van der Waals surface area contributed by atoms with Crippen LogP contribution in [0.3, 0.4) is 0 Å². The lowest BCUT2D eigenvalue weighted by Gasteiger charge is -2.37. The SMILES string of the molecule is CC(C(=O)NC1(C#N)CCCCC1)N1CCC(c2nc3ccccc3s2)CC1. The molecule has 2 fully saturated rings. The first-order valence-electron chi connectivity index (χ1n) is 10.4. The van der Waals surface area contributed by atoms with Gasteiger partial charge in [0.2, 0.25) is 5.91 Å². The Labute approximate surface area is 170 Å². The van der Waals surface area contributed by atoms with Gasteiger partial charge in [0.1, 0.15) is 5.54 Å². The van der Waals surface area contributed by atoms with Gasteiger partial charge >= 0.3 is 0 Å². The third-order valence-corrected chi connectivity index (χ3v) is 7.60. The number of carbonyl (C=O) groups is 1. The first-order chi connectivity index (χ1) is 13.6. The van der Waals surface area contributed by atoms with Gasteiger partial charge in [-0.3, -0.25) is 9.69 Å². The molecule has 2 aromatic rings. The topological polar surface area (TPSA) is 69.0 Å². The number of piperidine rings is 1. The van der Waals surface area contributed by atoms with Crippen LogP contribution < -0.4 is 5.32 Å². The van der Waals surface area contributed by atoms with Gasteiger partial charge < -0.3 is 5.32 Å². The van der Waals surface area contributed by atoms with Crippen LogP contribution in [-0.4, -0.2) is 40.5 Å². The Morgan fingerprint density at radius 2 is 2.00 bits per heavy atom. The maximum Gasteiger partial charge on any atom is 0.238 e. The maximum absolute atomic E-state index is 12.8. The van der Waals surface area contributed by atoms with Crippen molar-refractivity contribution in [3.05, 3.63) is 29.3 Å². The number of benzene rings is 1. The van der Waals surface area contributed by atoms with Gasteiger partial charge in [-0.1, -0.05) is 31.4 Å². The summed E-state index contributed by atoms with van der Waals surface area (Å²) >= 11 is 1.80. The van der Waals surface area contributed by atoms with Gasteiger partial charge in [-0.2, -0.15) is 5.26 Å². The lowest BCUT2D eigenvalue weighted by molar-refractivity contribution is -0.128. The predicted molar refractivity (Wildman–Crippen MR) is 112 cm³/mol. The largest absolute Gasteiger partial charge is 0.336 e. The summed E-state index contributed by atoms with van der Waals surface area (Å²) in [6.45, 7) is 3.77. The smallest absolute Gasteiger partial charge is 0.238 e. The van der Waals surface area contributed by atoms with E-state index in [1.807, 2.05) is 13.0 Å². The van der Waals surface area contributed by atoms with E-state index in [4.69, 9.17) is 4.98 Å². The molecule has 0 spiro atoms. The monoisotopic (exact) mass is 396 g/mol. The minimum atomic E-state index is -0.650. The van der Waals surface area contributed by atoms with Gasteiger partial charge in [-0.05, 0) is 57.8 Å². The van der Waals surface area contributed by atoms with Crippen LogP contribution in [0.25, 0.3) is 10.2 Å². The summed E-state index contributed by atoms with van der Waals surface area (Å²) < 4.78 is 1.25. The van der Waals surface area contributed by atoms with Crippen molar-refractivity contribution in [2.75, 3.05) is 13.1 Å². The van der Waals surface area contributed by atoms with E-state index in [-0.39, 0.29) is 11.9 Å². The van der Waals surface area contributed by atoms with E-state index in [0.717, 1.165) is 63.6 Å². The van der Waals surface area contributed by atoms with Crippen molar-refractivity contribution in [1.29, 1.82) is 5.26 Å². The molecule has 0 radical (unpaired) electrons. The molecule has 28 heavy (non-hydrogen) atoms. The number of hydrogen-bond acceptors (Lipinski definition) is 5. The molecule has 1 atom stereocenters. The molecule has 1 aromatic carbocycles. The van der Waals surface area contributed by atoms with Crippen molar-refractivity contribution in [3.63, 3.8) is 0 Å². The number of nitrogens with zero attached hydrogens (tertiary/aromatic N) is 3. The summed E-state index contributed by atoms with van der Waals surface area (Å²) in [5.41, 5.74) is 0.440. The Morgan fingerprint density at radius 1 is 1.29 bits per heavy atom. The summed E-state index contributed by atoms with van der Waals surface area (Å²) in [5, 5.41) is 13.9. The van der Waals surface area contributed by atoms with Crippen LogP contribution in [0.2, 0.25) is 0 Å². The molecule has 1 unspecified atom stereocenters. The summed E-state index contributed by atoms with van der Waals surface area (Å²) in [6.07, 6.45) is 6.82. The highest BCUT2D eigenvalue weighted by Gasteiger charge is 2.36. The van der Waals surface area contributed by atoms with Crippen molar-refractivity contribution in [2.24, 2.45) is 0 Å². The average molecular weight is 397 g/mol. The van der Waals surface area contributed by atoms with Crippen molar-refractivity contribution < 1.29 is 4.79 Å². The normalized spacial score (nSPS) is 21.9. The molecular weight excluding hydrogens is 368 g/mol. The van der Waals surface area contributed by atoms with Crippen molar-refractivity contribution in [2.45, 2.75) is 69.4 Å². The van der Waals surface area contributed by atoms with E-state index in [9.17, 15) is 10.1 Å². The van der Waals surface area contributed by atoms with Crippen molar-refractivity contribution in [1.82, 2.24) is 15.2 Å². The highest BCUT2D eigenvalue weighted by Crippen LogP contribution is 2.34. The fourth-order valence-electron chi connectivity index (χ4n) is 4.52. The first kappa shape index (κ1) is 19.4. The van der Waals surface area contributed by atoms with Crippen molar-refractivity contribution in [3.8, 4) is 6.07 Å². The van der Waals surface area contributed by atoms with E-state index >= 15 is 0 Å². The molecule has 1 aliphatic carbocycles. The molecule has 2 aliphatic rings. The molecule has 6 heteroatoms. The molecule has 2 heterocycles. The number of thiazole rings is 1. The van der Waals surface area contributed by atoms with Crippen LogP contribution in [0, 0.1) is 11.3 Å². The quantitative estimate of drug-likeness (QED) is 0.841. The second-order valence-electron chi connectivity index (χ2n) is 8.25. The first-order valence-corrected chi connectivity index (χ1v) is 11.2. The van der Waals surface area contributed by atoms with E-state index in [1.54, 1.807) is 11.3 Å². The second-order valence-corrected chi connectivity index (χ2v) is 9.31. The number of hydrogen-bond donors (Lipinski definition) is 1. The molecule has 1 amide bonds. The number of para-hydroxylation sites is 1. The van der Waals surface area contributed by atoms with Crippen LogP contribution in [0.4, 0.5) is 0 Å². The molecule has 1 N–H and O–H groups in total. The van der Waals surface area contributed by atoms with Gasteiger partial charge in [0.05, 0.1) is 27.3 Å². The van der Waals surface area contributed by atoms with Crippen LogP contribution in [0.1, 0.15) is 62.8 Å². The van der Waals surface area contributed by atoms with Crippen molar-refractivity contribution >= 4 is 27.5 Å². The Balaban J connectivity index is 1.35. The highest BCUT2D eigenvalue weighted by atomic mass is 32.1. The van der Waals surface area contributed by atoms with E-state index in [0.29, 0.717) is 5.92 Å². The molecule has 1 aliphatic heterocycles. The van der Waals surface area contributed by atoms with Crippen LogP contribution in [0.5, 0.6) is 0 Å². The molecule has 1 saturated carbocycles. The molecule has 0 bridgehead atoms. The third kappa shape index (κ3) is 3.92. The van der Waals surface area contributed by atoms with Crippen LogP contribution in [-0.2, 0) is 4.79 Å². The molecule has 4 rings (SSSR count). The number of fused-ring (bicyclic) bond motifs is 1. The summed E-state index contributed by atoms with van der Waals surface area (Å²) in [7, 11) is 0. The fourth-order valence-corrected chi connectivity index (χ4v) is 5.66. The molecule has 1 aromatic heterocycles. The lowest BCUT2D eigenvalue weighted by Crippen LogP contribution is -2.55. The zero-order chi connectivity index (χ0) is 19.6. The van der Waals surface area contributed by atoms with Gasteiger partial charge in [-0.15, -0.1) is 11.3 Å². The van der Waals surface area contributed by atoms with E-state index in [2.05, 4.69) is 34.5 Å². The minimum absolute atomic E-state index is 0.00175. The van der Waals surface area contributed by atoms with Crippen LogP contribution >= 0.6 is 11.3 Å². The van der Waals surface area contributed by atoms with E-state index in [1.165, 1.54) is 9.71 Å². The van der Waals surface area contributed by atoms with Gasteiger partial charge in [-0.25, -0.2) is 4.98 Å². The van der Waals surface area contributed by atoms with Gasteiger partial charge in [0.25, 0.3) is 0 Å². The standard InChI is InChI=1S/C22H28N4OS/c1-16(20(27)25-22(15-23)11-5-2-6-12-22)26-13-9-17(10-14-26)21-24-18-7-3-4-8-19(18)28-21/h3-4,7-8,16-17H,2,5-6,9-14H2,1H3,(H,25,27). The number of likely N-dealkylation sites (tertiary alicyclic amines) is 1. The summed E-state index contributed by atoms with van der Waals surface area (Å²) in [5.74, 6) is 0.481. The Kier molecular flexibility index (Phi) is 5.65. The molecular formula is C22H28N4OS. The zero-order valence-electron chi connectivity index (χ0n) is 16.5. The Morgan fingerprint density at radius 3 is 2.68 bits per heavy atom. The number of amides is 1. The third-order valence-electron chi connectivity index (χ3n) is 6.40. The minimum Gasteiger partial charge on any atom is -0.336 e. The molecule has 148 valence electrons. The summed E-state index contributed by atoms with van der Waals surface area (Å²) in [4.78, 5) is 19.9. The fraction of sp³-hybridized carbons (Fsp3) is 0.591. The van der Waals surface area contributed by atoms with Gasteiger partial charge in [0.15, 0.2) is 0 Å². The van der Waals surface area contributed by atoms with Crippen LogP contribution in [0.15, 0.2) is 24.3 Å². The molecule has 1 saturated heterocycles. The van der Waals surface area contributed by atoms with E-state index < -0.39 is 5.54 Å². The number of aromatic nitrogens is 1. The average Bonchev–Trinajstić information content (AvgIpc) is 3.18. The number of carbonyl (C=O) groups excluding carboxylic acids is 1. The maximum atomic E-state index is 12.8. The second kappa shape index (κ2) is 8.18. The highest BCUT2D eigenvalue weighted by molar-refractivity contribution is 7.18. The molecule has 5 nitrogen and oxygen atoms in total. The number of nitriles is 1. The Bertz CT molecular complexity index is 839. The number of nitrogens with one attached hydrogen (secondary N) is 1. The Hall–Kier alpha value is -1.97. The van der Waals surface area contributed by atoms with Gasteiger partial charge in [0, 0.05) is 5.92 Å². The zero-order valence-corrected chi connectivity index (χ0v) is 17.3. The number of rotatable bonds is 4.